The molecule has 0 radical (unpaired) electrons. The summed E-state index contributed by atoms with van der Waals surface area (Å²) in [5, 5.41) is 0.608. The van der Waals surface area contributed by atoms with Gasteiger partial charge in [0.25, 0.3) is 0 Å². The van der Waals surface area contributed by atoms with Crippen LogP contribution >= 0.6 is 11.3 Å². The molecule has 0 aliphatic heterocycles. The Hall–Kier alpha value is -2.13. The second kappa shape index (κ2) is 5.10. The smallest absolute Gasteiger partial charge is 0.181 e. The van der Waals surface area contributed by atoms with E-state index in [9.17, 15) is 0 Å². The number of aromatic nitrogens is 1. The van der Waals surface area contributed by atoms with Crippen molar-refractivity contribution >= 4 is 16.5 Å². The summed E-state index contributed by atoms with van der Waals surface area (Å²) in [7, 11) is 0. The Morgan fingerprint density at radius 2 is 1.30 bits per heavy atom. The summed E-state index contributed by atoms with van der Waals surface area (Å²) in [6.45, 7) is 4.17. The third kappa shape index (κ3) is 2.45. The van der Waals surface area contributed by atoms with Crippen LogP contribution < -0.4 is 5.73 Å². The van der Waals surface area contributed by atoms with Gasteiger partial charge in [0, 0.05) is 5.56 Å². The highest BCUT2D eigenvalue weighted by atomic mass is 32.1. The minimum Gasteiger partial charge on any atom is -0.375 e. The van der Waals surface area contributed by atoms with Crippen molar-refractivity contribution in [1.82, 2.24) is 4.98 Å². The monoisotopic (exact) mass is 280 g/mol. The van der Waals surface area contributed by atoms with Crippen LogP contribution in [0, 0.1) is 13.8 Å². The fraction of sp³-hybridized carbons (Fsp3) is 0.118. The van der Waals surface area contributed by atoms with Crippen molar-refractivity contribution in [2.75, 3.05) is 5.73 Å². The maximum Gasteiger partial charge on any atom is 0.181 e. The molecule has 2 nitrogen and oxygen atoms in total. The van der Waals surface area contributed by atoms with Crippen LogP contribution in [0.25, 0.3) is 21.7 Å². The first kappa shape index (κ1) is 12.9. The van der Waals surface area contributed by atoms with E-state index in [1.165, 1.54) is 28.0 Å². The van der Waals surface area contributed by atoms with Crippen LogP contribution in [0.15, 0.2) is 48.5 Å². The van der Waals surface area contributed by atoms with Gasteiger partial charge in [0.15, 0.2) is 5.13 Å². The maximum atomic E-state index is 5.92. The number of thiazole rings is 1. The molecule has 0 amide bonds. The van der Waals surface area contributed by atoms with Crippen molar-refractivity contribution in [2.24, 2.45) is 0 Å². The fourth-order valence-corrected chi connectivity index (χ4v) is 3.00. The maximum absolute atomic E-state index is 5.92. The van der Waals surface area contributed by atoms with Crippen molar-refractivity contribution in [3.63, 3.8) is 0 Å². The summed E-state index contributed by atoms with van der Waals surface area (Å²) >= 11 is 1.54. The molecule has 0 saturated carbocycles. The van der Waals surface area contributed by atoms with Crippen molar-refractivity contribution in [3.05, 3.63) is 59.7 Å². The van der Waals surface area contributed by atoms with E-state index in [2.05, 4.69) is 67.4 Å². The summed E-state index contributed by atoms with van der Waals surface area (Å²) in [4.78, 5) is 5.64. The van der Waals surface area contributed by atoms with E-state index < -0.39 is 0 Å². The Balaban J connectivity index is 2.12. The molecule has 20 heavy (non-hydrogen) atoms. The van der Waals surface area contributed by atoms with Gasteiger partial charge in [0.1, 0.15) is 0 Å². The lowest BCUT2D eigenvalue weighted by atomic mass is 10.0. The van der Waals surface area contributed by atoms with Crippen LogP contribution in [0.1, 0.15) is 11.1 Å². The number of nitrogens with two attached hydrogens (primary N) is 1. The Bertz CT molecular complexity index is 662. The van der Waals surface area contributed by atoms with E-state index >= 15 is 0 Å². The average Bonchev–Trinajstić information content (AvgIpc) is 2.82. The van der Waals surface area contributed by atoms with Crippen LogP contribution in [0.2, 0.25) is 0 Å². The second-order valence-electron chi connectivity index (χ2n) is 4.96. The molecule has 3 rings (SSSR count). The zero-order valence-electron chi connectivity index (χ0n) is 11.6. The van der Waals surface area contributed by atoms with Crippen molar-refractivity contribution in [3.8, 4) is 21.7 Å². The van der Waals surface area contributed by atoms with Gasteiger partial charge in [0.05, 0.1) is 10.6 Å². The van der Waals surface area contributed by atoms with Crippen LogP contribution in [0.3, 0.4) is 0 Å². The Labute approximate surface area is 122 Å². The highest BCUT2D eigenvalue weighted by molar-refractivity contribution is 7.19. The highest BCUT2D eigenvalue weighted by Crippen LogP contribution is 2.37. The van der Waals surface area contributed by atoms with Crippen LogP contribution in [-0.2, 0) is 0 Å². The van der Waals surface area contributed by atoms with Gasteiger partial charge in [-0.1, -0.05) is 71.0 Å². The molecular formula is C17H16N2S. The molecule has 1 aromatic heterocycles. The van der Waals surface area contributed by atoms with Gasteiger partial charge in [-0.05, 0) is 19.4 Å². The first-order valence-electron chi connectivity index (χ1n) is 6.54. The molecule has 0 saturated heterocycles. The molecule has 3 aromatic rings. The van der Waals surface area contributed by atoms with Gasteiger partial charge >= 0.3 is 0 Å². The number of anilines is 1. The Kier molecular flexibility index (Phi) is 3.28. The lowest BCUT2D eigenvalue weighted by Crippen LogP contribution is -1.85. The minimum absolute atomic E-state index is 0.608. The van der Waals surface area contributed by atoms with Gasteiger partial charge in [0.2, 0.25) is 0 Å². The molecule has 0 spiro atoms. The lowest BCUT2D eigenvalue weighted by Gasteiger charge is -2.04. The fourth-order valence-electron chi connectivity index (χ4n) is 2.14. The standard InChI is InChI=1S/C17H16N2S/c1-11-3-7-13(8-4-11)15-16(20-17(18)19-15)14-9-5-12(2)6-10-14/h3-10H,1-2H3,(H2,18,19). The first-order chi connectivity index (χ1) is 9.63. The van der Waals surface area contributed by atoms with Gasteiger partial charge in [-0.2, -0.15) is 0 Å². The highest BCUT2D eigenvalue weighted by Gasteiger charge is 2.13. The molecule has 1 heterocycles. The molecule has 2 N–H and O–H groups in total. The molecule has 0 atom stereocenters. The number of benzene rings is 2. The summed E-state index contributed by atoms with van der Waals surface area (Å²) in [6, 6.07) is 16.9. The first-order valence-corrected chi connectivity index (χ1v) is 7.35. The molecule has 100 valence electrons. The SMILES string of the molecule is Cc1ccc(-c2nc(N)sc2-c2ccc(C)cc2)cc1. The van der Waals surface area contributed by atoms with Crippen LogP contribution in [0.5, 0.6) is 0 Å². The van der Waals surface area contributed by atoms with E-state index in [-0.39, 0.29) is 0 Å². The zero-order valence-corrected chi connectivity index (χ0v) is 12.4. The number of nitrogen functional groups attached to an aromatic ring is 1. The molecule has 0 aliphatic carbocycles. The molecule has 2 aromatic carbocycles. The zero-order chi connectivity index (χ0) is 14.1. The van der Waals surface area contributed by atoms with Crippen molar-refractivity contribution in [1.29, 1.82) is 0 Å². The molecule has 3 heteroatoms. The van der Waals surface area contributed by atoms with E-state index in [1.807, 2.05) is 0 Å². The molecule has 0 aliphatic rings. The molecular weight excluding hydrogens is 264 g/mol. The number of rotatable bonds is 2. The van der Waals surface area contributed by atoms with Crippen LogP contribution in [0.4, 0.5) is 5.13 Å². The molecule has 0 bridgehead atoms. The van der Waals surface area contributed by atoms with Gasteiger partial charge in [-0.25, -0.2) is 4.98 Å². The van der Waals surface area contributed by atoms with E-state index in [4.69, 9.17) is 5.73 Å². The summed E-state index contributed by atoms with van der Waals surface area (Å²) in [6.07, 6.45) is 0. The predicted octanol–water partition coefficient (Wildman–Crippen LogP) is 4.68. The van der Waals surface area contributed by atoms with Crippen molar-refractivity contribution < 1.29 is 0 Å². The normalized spacial score (nSPS) is 10.7. The topological polar surface area (TPSA) is 38.9 Å². The quantitative estimate of drug-likeness (QED) is 0.740. The summed E-state index contributed by atoms with van der Waals surface area (Å²) in [5.74, 6) is 0. The molecule has 0 unspecified atom stereocenters. The number of hydrogen-bond donors (Lipinski definition) is 1. The number of nitrogens with zero attached hydrogens (tertiary/aromatic N) is 1. The summed E-state index contributed by atoms with van der Waals surface area (Å²) < 4.78 is 0. The number of hydrogen-bond acceptors (Lipinski definition) is 3. The predicted molar refractivity (Wildman–Crippen MR) is 86.9 cm³/mol. The van der Waals surface area contributed by atoms with Gasteiger partial charge in [-0.15, -0.1) is 0 Å². The Morgan fingerprint density at radius 1 is 0.800 bits per heavy atom. The minimum atomic E-state index is 0.608. The van der Waals surface area contributed by atoms with Gasteiger partial charge < -0.3 is 5.73 Å². The Morgan fingerprint density at radius 3 is 1.85 bits per heavy atom. The molecule has 0 fully saturated rings. The largest absolute Gasteiger partial charge is 0.375 e. The third-order valence-corrected chi connectivity index (χ3v) is 4.22. The lowest BCUT2D eigenvalue weighted by molar-refractivity contribution is 1.39. The second-order valence-corrected chi connectivity index (χ2v) is 5.99. The summed E-state index contributed by atoms with van der Waals surface area (Å²) in [5.41, 5.74) is 11.7. The van der Waals surface area contributed by atoms with Crippen LogP contribution in [-0.4, -0.2) is 4.98 Å². The number of aryl methyl sites for hydroxylation is 2. The third-order valence-electron chi connectivity index (χ3n) is 3.28. The average molecular weight is 280 g/mol. The van der Waals surface area contributed by atoms with E-state index in [1.54, 1.807) is 0 Å². The van der Waals surface area contributed by atoms with E-state index in [0.29, 0.717) is 5.13 Å². The van der Waals surface area contributed by atoms with Crippen molar-refractivity contribution in [2.45, 2.75) is 13.8 Å². The van der Waals surface area contributed by atoms with E-state index in [0.717, 1.165) is 16.1 Å². The van der Waals surface area contributed by atoms with Gasteiger partial charge in [-0.3, -0.25) is 0 Å².